The van der Waals surface area contributed by atoms with E-state index < -0.39 is 6.04 Å². The average molecular weight is 452 g/mol. The van der Waals surface area contributed by atoms with Gasteiger partial charge in [0.15, 0.2) is 0 Å². The third kappa shape index (κ3) is 6.68. The zero-order valence-electron chi connectivity index (χ0n) is 19.0. The number of carbonyl (C=O) groups is 2. The number of carbonyl (C=O) groups excluding carboxylic acids is 2. The molecule has 0 unspecified atom stereocenters. The molecule has 1 aromatic heterocycles. The van der Waals surface area contributed by atoms with Gasteiger partial charge in [0.05, 0.1) is 6.20 Å². The smallest absolute Gasteiger partial charge is 0.251 e. The van der Waals surface area contributed by atoms with Crippen molar-refractivity contribution in [3.63, 3.8) is 0 Å². The number of pyridine rings is 1. The second-order valence-electron chi connectivity index (χ2n) is 8.61. The number of amides is 2. The van der Waals surface area contributed by atoms with Crippen molar-refractivity contribution >= 4 is 17.5 Å². The van der Waals surface area contributed by atoms with Crippen LogP contribution in [0, 0.1) is 0 Å². The lowest BCUT2D eigenvalue weighted by atomic mass is 10.0. The van der Waals surface area contributed by atoms with Gasteiger partial charge in [0, 0.05) is 49.7 Å². The lowest BCUT2D eigenvalue weighted by Gasteiger charge is -2.34. The molecule has 3 heterocycles. The minimum atomic E-state index is -0.444. The van der Waals surface area contributed by atoms with Crippen molar-refractivity contribution < 1.29 is 14.3 Å². The summed E-state index contributed by atoms with van der Waals surface area (Å²) in [5.41, 5.74) is 1.71. The van der Waals surface area contributed by atoms with Crippen LogP contribution >= 0.6 is 0 Å². The largest absolute Gasteiger partial charge is 0.491 e. The number of piperidine rings is 1. The summed E-state index contributed by atoms with van der Waals surface area (Å²) in [6, 6.07) is 11.5. The minimum Gasteiger partial charge on any atom is -0.491 e. The van der Waals surface area contributed by atoms with Crippen LogP contribution in [0.15, 0.2) is 48.8 Å². The highest BCUT2D eigenvalue weighted by Gasteiger charge is 2.23. The molecule has 0 bridgehead atoms. The fraction of sp³-hybridized carbons (Fsp3) is 0.480. The van der Waals surface area contributed by atoms with Crippen molar-refractivity contribution in [2.24, 2.45) is 0 Å². The van der Waals surface area contributed by atoms with E-state index >= 15 is 0 Å². The highest BCUT2D eigenvalue weighted by atomic mass is 16.5. The third-order valence-corrected chi connectivity index (χ3v) is 6.27. The van der Waals surface area contributed by atoms with Crippen LogP contribution in [0.3, 0.4) is 0 Å². The molecule has 176 valence electrons. The number of rotatable bonds is 8. The van der Waals surface area contributed by atoms with Crippen molar-refractivity contribution in [1.29, 1.82) is 0 Å². The van der Waals surface area contributed by atoms with Crippen LogP contribution in [0.2, 0.25) is 0 Å². The predicted octanol–water partition coefficient (Wildman–Crippen LogP) is 2.12. The van der Waals surface area contributed by atoms with E-state index in [1.807, 2.05) is 36.4 Å². The molecular weight excluding hydrogens is 418 g/mol. The number of nitrogens with one attached hydrogen (secondary N) is 3. The van der Waals surface area contributed by atoms with Crippen LogP contribution < -0.4 is 25.6 Å². The number of aromatic nitrogens is 1. The topological polar surface area (TPSA) is 95.6 Å². The van der Waals surface area contributed by atoms with E-state index in [0.717, 1.165) is 56.8 Å². The Morgan fingerprint density at radius 2 is 1.94 bits per heavy atom. The summed E-state index contributed by atoms with van der Waals surface area (Å²) in [7, 11) is 0. The van der Waals surface area contributed by atoms with Gasteiger partial charge < -0.3 is 25.6 Å². The third-order valence-electron chi connectivity index (χ3n) is 6.27. The van der Waals surface area contributed by atoms with Gasteiger partial charge in [-0.05, 0) is 68.5 Å². The van der Waals surface area contributed by atoms with E-state index in [0.29, 0.717) is 31.2 Å². The minimum absolute atomic E-state index is 0.0856. The van der Waals surface area contributed by atoms with E-state index in [4.69, 9.17) is 4.74 Å². The molecule has 4 rings (SSSR count). The number of benzene rings is 1. The van der Waals surface area contributed by atoms with Crippen molar-refractivity contribution in [3.8, 4) is 5.75 Å². The lowest BCUT2D eigenvalue weighted by molar-refractivity contribution is -0.122. The van der Waals surface area contributed by atoms with E-state index in [-0.39, 0.29) is 11.8 Å². The summed E-state index contributed by atoms with van der Waals surface area (Å²) in [5, 5.41) is 9.31. The molecule has 0 saturated carbocycles. The Hall–Kier alpha value is -3.13. The fourth-order valence-electron chi connectivity index (χ4n) is 4.35. The van der Waals surface area contributed by atoms with E-state index in [9.17, 15) is 9.59 Å². The van der Waals surface area contributed by atoms with E-state index in [2.05, 4.69) is 25.8 Å². The van der Waals surface area contributed by atoms with Crippen LogP contribution in [-0.4, -0.2) is 61.7 Å². The number of ether oxygens (including phenoxy) is 1. The average Bonchev–Trinajstić information content (AvgIpc) is 3.07. The van der Waals surface area contributed by atoms with Gasteiger partial charge in [-0.25, -0.2) is 0 Å². The quantitative estimate of drug-likeness (QED) is 0.532. The normalized spacial score (nSPS) is 19.5. The van der Waals surface area contributed by atoms with Crippen molar-refractivity contribution in [1.82, 2.24) is 20.9 Å². The van der Waals surface area contributed by atoms with Crippen LogP contribution in [0.25, 0.3) is 0 Å². The monoisotopic (exact) mass is 451 g/mol. The molecule has 1 atom stereocenters. The molecule has 2 aliphatic heterocycles. The first-order valence-corrected chi connectivity index (χ1v) is 11.9. The number of hydrogen-bond donors (Lipinski definition) is 3. The maximum absolute atomic E-state index is 12.6. The van der Waals surface area contributed by atoms with Crippen LogP contribution in [0.1, 0.15) is 42.5 Å². The summed E-state index contributed by atoms with van der Waals surface area (Å²) >= 11 is 0. The maximum atomic E-state index is 12.6. The van der Waals surface area contributed by atoms with Gasteiger partial charge in [0.1, 0.15) is 18.4 Å². The second kappa shape index (κ2) is 11.7. The van der Waals surface area contributed by atoms with E-state index in [1.165, 1.54) is 0 Å². The molecule has 2 aliphatic rings. The molecule has 0 aliphatic carbocycles. The summed E-state index contributed by atoms with van der Waals surface area (Å²) < 4.78 is 5.69. The maximum Gasteiger partial charge on any atom is 0.251 e. The SMILES string of the molecule is O=C(N[C@H]1CCCCNC1=O)c1ccc(N2CCC(NCCOc3cccnc3)CC2)cc1. The first kappa shape index (κ1) is 23.0. The molecule has 2 aromatic rings. The summed E-state index contributed by atoms with van der Waals surface area (Å²) in [6.07, 6.45) is 8.16. The van der Waals surface area contributed by atoms with E-state index in [1.54, 1.807) is 12.4 Å². The fourth-order valence-corrected chi connectivity index (χ4v) is 4.35. The standard InChI is InChI=1S/C25H33N5O3/c31-24(29-23-5-1-2-13-28-25(23)32)19-6-8-21(9-7-19)30-15-10-20(11-16-30)27-14-17-33-22-4-3-12-26-18-22/h3-4,6-9,12,18,20,23,27H,1-2,5,10-11,13-17H2,(H,28,32)(H,29,31)/t23-/m0/s1. The Morgan fingerprint density at radius 1 is 1.12 bits per heavy atom. The van der Waals surface area contributed by atoms with Crippen molar-refractivity contribution in [3.05, 3.63) is 54.4 Å². The number of anilines is 1. The van der Waals surface area contributed by atoms with Gasteiger partial charge >= 0.3 is 0 Å². The molecule has 0 radical (unpaired) electrons. The van der Waals surface area contributed by atoms with Crippen LogP contribution in [0.4, 0.5) is 5.69 Å². The summed E-state index contributed by atoms with van der Waals surface area (Å²) in [6.45, 7) is 4.05. The predicted molar refractivity (Wildman–Crippen MR) is 128 cm³/mol. The number of hydrogen-bond acceptors (Lipinski definition) is 6. The summed E-state index contributed by atoms with van der Waals surface area (Å²) in [4.78, 5) is 31.1. The summed E-state index contributed by atoms with van der Waals surface area (Å²) in [5.74, 6) is 0.515. The van der Waals surface area contributed by atoms with Gasteiger partial charge in [0.2, 0.25) is 5.91 Å². The van der Waals surface area contributed by atoms with Crippen LogP contribution in [0.5, 0.6) is 5.75 Å². The molecular formula is C25H33N5O3. The molecule has 0 spiro atoms. The second-order valence-corrected chi connectivity index (χ2v) is 8.61. The molecule has 8 heteroatoms. The first-order valence-electron chi connectivity index (χ1n) is 11.9. The molecule has 2 saturated heterocycles. The Kier molecular flexibility index (Phi) is 8.14. The van der Waals surface area contributed by atoms with Gasteiger partial charge in [-0.1, -0.05) is 0 Å². The Labute approximate surface area is 195 Å². The Morgan fingerprint density at radius 3 is 2.70 bits per heavy atom. The molecule has 3 N–H and O–H groups in total. The highest BCUT2D eigenvalue weighted by molar-refractivity contribution is 5.97. The Balaban J connectivity index is 1.19. The van der Waals surface area contributed by atoms with Crippen molar-refractivity contribution in [2.45, 2.75) is 44.2 Å². The van der Waals surface area contributed by atoms with Gasteiger partial charge in [-0.2, -0.15) is 0 Å². The van der Waals surface area contributed by atoms with Gasteiger partial charge in [-0.15, -0.1) is 0 Å². The lowest BCUT2D eigenvalue weighted by Crippen LogP contribution is -2.45. The first-order chi connectivity index (χ1) is 16.2. The van der Waals surface area contributed by atoms with Gasteiger partial charge in [-0.3, -0.25) is 14.6 Å². The molecule has 1 aromatic carbocycles. The van der Waals surface area contributed by atoms with Crippen LogP contribution in [-0.2, 0) is 4.79 Å². The highest BCUT2D eigenvalue weighted by Crippen LogP contribution is 2.21. The zero-order valence-corrected chi connectivity index (χ0v) is 19.0. The molecule has 2 fully saturated rings. The van der Waals surface area contributed by atoms with Gasteiger partial charge in [0.25, 0.3) is 5.91 Å². The van der Waals surface area contributed by atoms with Crippen molar-refractivity contribution in [2.75, 3.05) is 37.7 Å². The Bertz CT molecular complexity index is 898. The molecule has 8 nitrogen and oxygen atoms in total. The number of nitrogens with zero attached hydrogens (tertiary/aromatic N) is 2. The zero-order chi connectivity index (χ0) is 22.9. The molecule has 2 amide bonds. The molecule has 33 heavy (non-hydrogen) atoms.